The summed E-state index contributed by atoms with van der Waals surface area (Å²) in [5.41, 5.74) is 10.5. The van der Waals surface area contributed by atoms with Crippen LogP contribution in [0.2, 0.25) is 5.02 Å². The van der Waals surface area contributed by atoms with E-state index < -0.39 is 0 Å². The number of hydrogen-bond donors (Lipinski definition) is 1. The fourth-order valence-electron chi connectivity index (χ4n) is 2.75. The molecular weight excluding hydrogens is 320 g/mol. The molecule has 0 aliphatic rings. The van der Waals surface area contributed by atoms with Crippen molar-refractivity contribution in [3.05, 3.63) is 72.1 Å². The van der Waals surface area contributed by atoms with Gasteiger partial charge in [0.2, 0.25) is 0 Å². The number of fused-ring (bicyclic) bond motifs is 1. The van der Waals surface area contributed by atoms with Gasteiger partial charge in [0, 0.05) is 27.7 Å². The molecule has 0 radical (unpaired) electrons. The van der Waals surface area contributed by atoms with Gasteiger partial charge in [0.1, 0.15) is 12.1 Å². The average molecular weight is 333 g/mol. The molecule has 0 spiro atoms. The summed E-state index contributed by atoms with van der Waals surface area (Å²) in [6.07, 6.45) is 3.23. The van der Waals surface area contributed by atoms with Gasteiger partial charge in [-0.1, -0.05) is 41.9 Å². The fourth-order valence-corrected chi connectivity index (χ4v) is 2.98. The van der Waals surface area contributed by atoms with Crippen molar-refractivity contribution >= 4 is 28.3 Å². The highest BCUT2D eigenvalue weighted by atomic mass is 35.5. The van der Waals surface area contributed by atoms with Gasteiger partial charge in [-0.25, -0.2) is 9.97 Å². The van der Waals surface area contributed by atoms with E-state index in [-0.39, 0.29) is 0 Å². The van der Waals surface area contributed by atoms with Crippen LogP contribution in [0.15, 0.2) is 67.1 Å². The maximum Gasteiger partial charge on any atom is 0.134 e. The predicted octanol–water partition coefficient (Wildman–Crippen LogP) is 4.59. The molecule has 0 saturated carbocycles. The molecule has 0 saturated heterocycles. The molecule has 2 N–H and O–H groups in total. The quantitative estimate of drug-likeness (QED) is 0.583. The summed E-state index contributed by atoms with van der Waals surface area (Å²) < 4.78 is 0. The highest BCUT2D eigenvalue weighted by Gasteiger charge is 2.12. The number of nitrogens with two attached hydrogens (primary N) is 1. The smallest absolute Gasteiger partial charge is 0.134 e. The summed E-state index contributed by atoms with van der Waals surface area (Å²) in [4.78, 5) is 12.9. The van der Waals surface area contributed by atoms with E-state index in [1.807, 2.05) is 54.6 Å². The average Bonchev–Trinajstić information content (AvgIpc) is 2.62. The van der Waals surface area contributed by atoms with E-state index in [4.69, 9.17) is 17.3 Å². The van der Waals surface area contributed by atoms with Gasteiger partial charge in [0.15, 0.2) is 0 Å². The lowest BCUT2D eigenvalue weighted by molar-refractivity contribution is 1.23. The standard InChI is InChI=1S/C19H13ClN4/c20-16-6-2-1-4-14(16)18-13(5-3-9-22-18)12-7-8-17-15(10-12)19(21)24-11-23-17/h1-11H,(H2,21,23,24). The van der Waals surface area contributed by atoms with E-state index in [1.165, 1.54) is 6.33 Å². The highest BCUT2D eigenvalue weighted by molar-refractivity contribution is 6.33. The number of rotatable bonds is 2. The van der Waals surface area contributed by atoms with Gasteiger partial charge in [-0.05, 0) is 29.8 Å². The summed E-state index contributed by atoms with van der Waals surface area (Å²) in [7, 11) is 0. The molecular formula is C19H13ClN4. The molecule has 4 nitrogen and oxygen atoms in total. The van der Waals surface area contributed by atoms with Crippen LogP contribution in [0.1, 0.15) is 0 Å². The number of anilines is 1. The minimum atomic E-state index is 0.463. The SMILES string of the molecule is Nc1ncnc2ccc(-c3cccnc3-c3ccccc3Cl)cc12. The zero-order chi connectivity index (χ0) is 16.5. The van der Waals surface area contributed by atoms with Crippen LogP contribution in [0.25, 0.3) is 33.3 Å². The number of nitrogens with zero attached hydrogens (tertiary/aromatic N) is 3. The van der Waals surface area contributed by atoms with Crippen LogP contribution in [0.4, 0.5) is 5.82 Å². The molecule has 2 aromatic carbocycles. The third-order valence-electron chi connectivity index (χ3n) is 3.91. The normalized spacial score (nSPS) is 10.9. The Kier molecular flexibility index (Phi) is 3.59. The van der Waals surface area contributed by atoms with Gasteiger partial charge in [-0.2, -0.15) is 0 Å². The van der Waals surface area contributed by atoms with Crippen molar-refractivity contribution in [2.45, 2.75) is 0 Å². The van der Waals surface area contributed by atoms with Crippen LogP contribution in [-0.2, 0) is 0 Å². The van der Waals surface area contributed by atoms with Gasteiger partial charge >= 0.3 is 0 Å². The van der Waals surface area contributed by atoms with Crippen LogP contribution in [-0.4, -0.2) is 15.0 Å². The Morgan fingerprint density at radius 2 is 1.67 bits per heavy atom. The number of benzene rings is 2. The van der Waals surface area contributed by atoms with Crippen molar-refractivity contribution in [3.8, 4) is 22.4 Å². The molecule has 0 bridgehead atoms. The maximum atomic E-state index is 6.36. The first-order chi connectivity index (χ1) is 11.7. The molecule has 0 aliphatic heterocycles. The predicted molar refractivity (Wildman–Crippen MR) is 97.6 cm³/mol. The van der Waals surface area contributed by atoms with Crippen LogP contribution in [0.5, 0.6) is 0 Å². The molecule has 5 heteroatoms. The number of pyridine rings is 1. The minimum Gasteiger partial charge on any atom is -0.383 e. The largest absolute Gasteiger partial charge is 0.383 e. The molecule has 0 unspecified atom stereocenters. The third-order valence-corrected chi connectivity index (χ3v) is 4.24. The first kappa shape index (κ1) is 14.6. The Hall–Kier alpha value is -2.98. The second-order valence-electron chi connectivity index (χ2n) is 5.37. The van der Waals surface area contributed by atoms with Gasteiger partial charge in [0.25, 0.3) is 0 Å². The number of aromatic nitrogens is 3. The van der Waals surface area contributed by atoms with E-state index in [9.17, 15) is 0 Å². The van der Waals surface area contributed by atoms with Crippen molar-refractivity contribution < 1.29 is 0 Å². The zero-order valence-corrected chi connectivity index (χ0v) is 13.4. The first-order valence-corrected chi connectivity index (χ1v) is 7.82. The molecule has 0 amide bonds. The molecule has 0 atom stereocenters. The molecule has 0 fully saturated rings. The van der Waals surface area contributed by atoms with Gasteiger partial charge in [-0.3, -0.25) is 4.98 Å². The van der Waals surface area contributed by atoms with E-state index >= 15 is 0 Å². The van der Waals surface area contributed by atoms with Crippen molar-refractivity contribution in [2.24, 2.45) is 0 Å². The van der Waals surface area contributed by atoms with E-state index in [0.29, 0.717) is 10.8 Å². The topological polar surface area (TPSA) is 64.7 Å². The molecule has 116 valence electrons. The van der Waals surface area contributed by atoms with Crippen LogP contribution in [0.3, 0.4) is 0 Å². The molecule has 24 heavy (non-hydrogen) atoms. The second-order valence-corrected chi connectivity index (χ2v) is 5.78. The van der Waals surface area contributed by atoms with Gasteiger partial charge in [0.05, 0.1) is 11.2 Å². The number of hydrogen-bond acceptors (Lipinski definition) is 4. The Balaban J connectivity index is 1.95. The Labute approximate surface area is 144 Å². The van der Waals surface area contributed by atoms with Crippen molar-refractivity contribution in [1.29, 1.82) is 0 Å². The summed E-state index contributed by atoms with van der Waals surface area (Å²) in [6, 6.07) is 17.5. The van der Waals surface area contributed by atoms with Crippen LogP contribution >= 0.6 is 11.6 Å². The summed E-state index contributed by atoms with van der Waals surface area (Å²) >= 11 is 6.36. The third kappa shape index (κ3) is 2.47. The summed E-state index contributed by atoms with van der Waals surface area (Å²) in [5.74, 6) is 0.463. The number of halogens is 1. The van der Waals surface area contributed by atoms with Crippen molar-refractivity contribution in [3.63, 3.8) is 0 Å². The van der Waals surface area contributed by atoms with Crippen molar-refractivity contribution in [2.75, 3.05) is 5.73 Å². The number of nitrogen functional groups attached to an aromatic ring is 1. The second kappa shape index (κ2) is 5.91. The van der Waals surface area contributed by atoms with Gasteiger partial charge < -0.3 is 5.73 Å². The monoisotopic (exact) mass is 332 g/mol. The first-order valence-electron chi connectivity index (χ1n) is 7.44. The Bertz CT molecular complexity index is 1050. The highest BCUT2D eigenvalue weighted by Crippen LogP contribution is 2.35. The minimum absolute atomic E-state index is 0.463. The Morgan fingerprint density at radius 3 is 2.54 bits per heavy atom. The lowest BCUT2D eigenvalue weighted by atomic mass is 9.98. The van der Waals surface area contributed by atoms with Crippen LogP contribution in [0, 0.1) is 0 Å². The molecule has 0 aliphatic carbocycles. The molecule has 4 rings (SSSR count). The van der Waals surface area contributed by atoms with Crippen LogP contribution < -0.4 is 5.73 Å². The lowest BCUT2D eigenvalue weighted by Crippen LogP contribution is -1.94. The molecule has 4 aromatic rings. The Morgan fingerprint density at radius 1 is 0.833 bits per heavy atom. The van der Waals surface area contributed by atoms with E-state index in [0.717, 1.165) is 33.3 Å². The maximum absolute atomic E-state index is 6.36. The van der Waals surface area contributed by atoms with Crippen molar-refractivity contribution in [1.82, 2.24) is 15.0 Å². The summed E-state index contributed by atoms with van der Waals surface area (Å²) in [6.45, 7) is 0. The summed E-state index contributed by atoms with van der Waals surface area (Å²) in [5, 5.41) is 1.49. The lowest BCUT2D eigenvalue weighted by Gasteiger charge is -2.11. The molecule has 2 heterocycles. The zero-order valence-electron chi connectivity index (χ0n) is 12.6. The fraction of sp³-hybridized carbons (Fsp3) is 0. The van der Waals surface area contributed by atoms with E-state index in [2.05, 4.69) is 15.0 Å². The molecule has 2 aromatic heterocycles. The van der Waals surface area contributed by atoms with Gasteiger partial charge in [-0.15, -0.1) is 0 Å². The van der Waals surface area contributed by atoms with E-state index in [1.54, 1.807) is 6.20 Å².